The van der Waals surface area contributed by atoms with Crippen LogP contribution in [0.4, 0.5) is 0 Å². The van der Waals surface area contributed by atoms with Crippen molar-refractivity contribution in [3.63, 3.8) is 0 Å². The van der Waals surface area contributed by atoms with Gasteiger partial charge in [-0.3, -0.25) is 9.59 Å². The van der Waals surface area contributed by atoms with E-state index in [1.165, 1.54) is 6.42 Å². The molecule has 1 saturated heterocycles. The van der Waals surface area contributed by atoms with E-state index in [9.17, 15) is 9.59 Å². The number of likely N-dealkylation sites (tertiary alicyclic amines) is 1. The summed E-state index contributed by atoms with van der Waals surface area (Å²) in [6.07, 6.45) is 6.21. The number of aldehydes is 1. The Kier molecular flexibility index (Phi) is 3.54. The van der Waals surface area contributed by atoms with Gasteiger partial charge in [-0.25, -0.2) is 0 Å². The van der Waals surface area contributed by atoms with Crippen molar-refractivity contribution >= 4 is 23.1 Å². The molecule has 2 aromatic rings. The summed E-state index contributed by atoms with van der Waals surface area (Å²) < 4.78 is 1.96. The van der Waals surface area contributed by atoms with Gasteiger partial charge in [0.1, 0.15) is 12.8 Å². The average Bonchev–Trinajstić information content (AvgIpc) is 2.90. The zero-order valence-corrected chi connectivity index (χ0v) is 11.4. The second-order valence-corrected chi connectivity index (χ2v) is 5.32. The van der Waals surface area contributed by atoms with Crippen LogP contribution in [0.5, 0.6) is 0 Å². The molecule has 20 heavy (non-hydrogen) atoms. The number of carbonyl (C=O) groups excluding carboxylic acids is 2. The van der Waals surface area contributed by atoms with Crippen LogP contribution in [-0.2, 0) is 11.3 Å². The number of rotatable bonds is 3. The predicted molar refractivity (Wildman–Crippen MR) is 77.8 cm³/mol. The molecule has 0 radical (unpaired) electrons. The van der Waals surface area contributed by atoms with E-state index in [-0.39, 0.29) is 5.91 Å². The Hall–Kier alpha value is -2.10. The first-order valence-electron chi connectivity index (χ1n) is 7.10. The lowest BCUT2D eigenvalue weighted by Crippen LogP contribution is -2.37. The molecule has 104 valence electrons. The fourth-order valence-corrected chi connectivity index (χ4v) is 2.82. The summed E-state index contributed by atoms with van der Waals surface area (Å²) in [5, 5.41) is 1.00. The Labute approximate surface area is 118 Å². The number of hydrogen-bond donors (Lipinski definition) is 0. The first-order chi connectivity index (χ1) is 9.78. The van der Waals surface area contributed by atoms with E-state index >= 15 is 0 Å². The molecule has 2 heterocycles. The highest BCUT2D eigenvalue weighted by Gasteiger charge is 2.17. The van der Waals surface area contributed by atoms with Gasteiger partial charge in [-0.15, -0.1) is 0 Å². The van der Waals surface area contributed by atoms with Gasteiger partial charge in [-0.2, -0.15) is 0 Å². The smallest absolute Gasteiger partial charge is 0.242 e. The van der Waals surface area contributed by atoms with Gasteiger partial charge in [0.05, 0.1) is 0 Å². The Morgan fingerprint density at radius 2 is 1.95 bits per heavy atom. The lowest BCUT2D eigenvalue weighted by atomic mass is 10.1. The molecule has 1 aliphatic rings. The van der Waals surface area contributed by atoms with Gasteiger partial charge in [-0.1, -0.05) is 0 Å². The topological polar surface area (TPSA) is 42.3 Å². The zero-order chi connectivity index (χ0) is 13.9. The molecule has 0 unspecified atom stereocenters. The lowest BCUT2D eigenvalue weighted by Gasteiger charge is -2.27. The molecule has 4 heteroatoms. The Morgan fingerprint density at radius 3 is 2.70 bits per heavy atom. The second kappa shape index (κ2) is 5.49. The molecule has 1 amide bonds. The average molecular weight is 270 g/mol. The van der Waals surface area contributed by atoms with E-state index in [0.717, 1.165) is 43.1 Å². The quantitative estimate of drug-likeness (QED) is 0.804. The maximum atomic E-state index is 12.3. The van der Waals surface area contributed by atoms with Crippen LogP contribution in [0.2, 0.25) is 0 Å². The summed E-state index contributed by atoms with van der Waals surface area (Å²) >= 11 is 0. The molecule has 1 aromatic carbocycles. The molecule has 4 nitrogen and oxygen atoms in total. The van der Waals surface area contributed by atoms with Crippen LogP contribution < -0.4 is 0 Å². The Balaban J connectivity index is 1.80. The fourth-order valence-electron chi connectivity index (χ4n) is 2.82. The van der Waals surface area contributed by atoms with E-state index < -0.39 is 0 Å². The molecular formula is C16H18N2O2. The number of hydrogen-bond acceptors (Lipinski definition) is 2. The molecule has 3 rings (SSSR count). The van der Waals surface area contributed by atoms with Crippen LogP contribution in [-0.4, -0.2) is 34.7 Å². The molecule has 0 spiro atoms. The molecule has 0 saturated carbocycles. The highest BCUT2D eigenvalue weighted by Crippen LogP contribution is 2.18. The van der Waals surface area contributed by atoms with Crippen LogP contribution in [0.15, 0.2) is 30.5 Å². The number of fused-ring (bicyclic) bond motifs is 1. The van der Waals surface area contributed by atoms with Crippen molar-refractivity contribution in [3.8, 4) is 0 Å². The minimum Gasteiger partial charge on any atom is -0.341 e. The van der Waals surface area contributed by atoms with Gasteiger partial charge < -0.3 is 9.47 Å². The molecule has 1 fully saturated rings. The molecule has 0 atom stereocenters. The standard InChI is InChI=1S/C16H18N2O2/c19-12-13-4-5-15-14(10-13)6-9-18(15)11-16(20)17-7-2-1-3-8-17/h4-6,9-10,12H,1-3,7-8,11H2. The van der Waals surface area contributed by atoms with Crippen molar-refractivity contribution in [1.29, 1.82) is 0 Å². The maximum Gasteiger partial charge on any atom is 0.242 e. The third kappa shape index (κ3) is 2.46. The third-order valence-electron chi connectivity index (χ3n) is 3.95. The molecule has 0 aliphatic carbocycles. The van der Waals surface area contributed by atoms with Gasteiger partial charge in [0.25, 0.3) is 0 Å². The van der Waals surface area contributed by atoms with Crippen molar-refractivity contribution in [1.82, 2.24) is 9.47 Å². The minimum absolute atomic E-state index is 0.182. The van der Waals surface area contributed by atoms with Gasteiger partial charge >= 0.3 is 0 Å². The number of benzene rings is 1. The van der Waals surface area contributed by atoms with Crippen LogP contribution in [0.25, 0.3) is 10.9 Å². The van der Waals surface area contributed by atoms with Crippen molar-refractivity contribution < 1.29 is 9.59 Å². The highest BCUT2D eigenvalue weighted by molar-refractivity contribution is 5.88. The molecule has 0 N–H and O–H groups in total. The van der Waals surface area contributed by atoms with E-state index in [0.29, 0.717) is 12.1 Å². The summed E-state index contributed by atoms with van der Waals surface area (Å²) in [6.45, 7) is 2.14. The van der Waals surface area contributed by atoms with Gasteiger partial charge in [-0.05, 0) is 43.5 Å². The minimum atomic E-state index is 0.182. The van der Waals surface area contributed by atoms with Crippen molar-refractivity contribution in [2.45, 2.75) is 25.8 Å². The van der Waals surface area contributed by atoms with Gasteiger partial charge in [0, 0.05) is 35.8 Å². The number of piperidine rings is 1. The summed E-state index contributed by atoms with van der Waals surface area (Å²) in [4.78, 5) is 25.0. The van der Waals surface area contributed by atoms with Crippen LogP contribution in [0, 0.1) is 0 Å². The first kappa shape index (κ1) is 12.9. The maximum absolute atomic E-state index is 12.3. The normalized spacial score (nSPS) is 15.5. The Bertz CT molecular complexity index is 639. The number of amides is 1. The van der Waals surface area contributed by atoms with Crippen LogP contribution >= 0.6 is 0 Å². The summed E-state index contributed by atoms with van der Waals surface area (Å²) in [5.41, 5.74) is 1.67. The lowest BCUT2D eigenvalue weighted by molar-refractivity contribution is -0.132. The molecule has 1 aliphatic heterocycles. The molecule has 1 aromatic heterocycles. The summed E-state index contributed by atoms with van der Waals surface area (Å²) in [7, 11) is 0. The van der Waals surface area contributed by atoms with Crippen LogP contribution in [0.1, 0.15) is 29.6 Å². The second-order valence-electron chi connectivity index (χ2n) is 5.32. The van der Waals surface area contributed by atoms with E-state index in [1.54, 1.807) is 6.07 Å². The summed E-state index contributed by atoms with van der Waals surface area (Å²) in [5.74, 6) is 0.182. The van der Waals surface area contributed by atoms with E-state index in [1.807, 2.05) is 33.9 Å². The van der Waals surface area contributed by atoms with E-state index in [4.69, 9.17) is 0 Å². The molecular weight excluding hydrogens is 252 g/mol. The monoisotopic (exact) mass is 270 g/mol. The third-order valence-corrected chi connectivity index (χ3v) is 3.95. The van der Waals surface area contributed by atoms with Crippen molar-refractivity contribution in [3.05, 3.63) is 36.0 Å². The highest BCUT2D eigenvalue weighted by atomic mass is 16.2. The SMILES string of the molecule is O=Cc1ccc2c(ccn2CC(=O)N2CCCCC2)c1. The number of carbonyl (C=O) groups is 2. The van der Waals surface area contributed by atoms with E-state index in [2.05, 4.69) is 0 Å². The fraction of sp³-hybridized carbons (Fsp3) is 0.375. The van der Waals surface area contributed by atoms with Crippen molar-refractivity contribution in [2.24, 2.45) is 0 Å². The van der Waals surface area contributed by atoms with Crippen LogP contribution in [0.3, 0.4) is 0 Å². The van der Waals surface area contributed by atoms with Crippen molar-refractivity contribution in [2.75, 3.05) is 13.1 Å². The van der Waals surface area contributed by atoms with Gasteiger partial charge in [0.2, 0.25) is 5.91 Å². The summed E-state index contributed by atoms with van der Waals surface area (Å²) in [6, 6.07) is 7.50. The number of aromatic nitrogens is 1. The number of nitrogens with zero attached hydrogens (tertiary/aromatic N) is 2. The zero-order valence-electron chi connectivity index (χ0n) is 11.4. The van der Waals surface area contributed by atoms with Gasteiger partial charge in [0.15, 0.2) is 0 Å². The Morgan fingerprint density at radius 1 is 1.15 bits per heavy atom. The predicted octanol–water partition coefficient (Wildman–Crippen LogP) is 2.47. The molecule has 0 bridgehead atoms. The largest absolute Gasteiger partial charge is 0.341 e. The first-order valence-corrected chi connectivity index (χ1v) is 7.10.